The maximum Gasteiger partial charge on any atom is 0.410 e. The summed E-state index contributed by atoms with van der Waals surface area (Å²) in [4.78, 5) is 16.7. The third-order valence-corrected chi connectivity index (χ3v) is 2.22. The minimum atomic E-state index is -0.460. The van der Waals surface area contributed by atoms with Crippen LogP contribution < -0.4 is 0 Å². The Morgan fingerprint density at radius 1 is 1.56 bits per heavy atom. The molecule has 4 nitrogen and oxygen atoms in total. The Balaban J connectivity index is 2.58. The van der Waals surface area contributed by atoms with E-state index < -0.39 is 5.60 Å². The summed E-state index contributed by atoms with van der Waals surface area (Å²) < 4.78 is 5.29. The van der Waals surface area contributed by atoms with E-state index in [1.165, 1.54) is 6.20 Å². The first-order chi connectivity index (χ1) is 7.42. The van der Waals surface area contributed by atoms with Gasteiger partial charge in [-0.05, 0) is 33.6 Å². The van der Waals surface area contributed by atoms with E-state index in [1.54, 1.807) is 4.90 Å². The first kappa shape index (κ1) is 12.6. The van der Waals surface area contributed by atoms with E-state index in [0.717, 1.165) is 18.4 Å². The van der Waals surface area contributed by atoms with E-state index in [0.29, 0.717) is 13.1 Å². The van der Waals surface area contributed by atoms with Crippen LogP contribution in [0.15, 0.2) is 11.8 Å². The predicted molar refractivity (Wildman–Crippen MR) is 61.7 cm³/mol. The fourth-order valence-corrected chi connectivity index (χ4v) is 1.58. The van der Waals surface area contributed by atoms with Crippen molar-refractivity contribution >= 4 is 6.09 Å². The molecule has 4 heteroatoms. The number of amides is 1. The van der Waals surface area contributed by atoms with Crippen LogP contribution in [0.5, 0.6) is 0 Å². The third-order valence-electron chi connectivity index (χ3n) is 2.22. The second kappa shape index (κ2) is 5.02. The van der Waals surface area contributed by atoms with Gasteiger partial charge < -0.3 is 9.64 Å². The molecule has 0 radical (unpaired) electrons. The van der Waals surface area contributed by atoms with E-state index in [2.05, 4.69) is 4.85 Å². The number of carbonyl (C=O) groups excluding carboxylic acids is 1. The Hall–Kier alpha value is -1.50. The van der Waals surface area contributed by atoms with Crippen LogP contribution >= 0.6 is 0 Å². The van der Waals surface area contributed by atoms with Gasteiger partial charge in [-0.15, -0.1) is 0 Å². The van der Waals surface area contributed by atoms with Gasteiger partial charge in [0, 0.05) is 13.1 Å². The Kier molecular flexibility index (Phi) is 3.94. The van der Waals surface area contributed by atoms with Gasteiger partial charge in [0.05, 0.1) is 6.57 Å². The maximum absolute atomic E-state index is 11.8. The van der Waals surface area contributed by atoms with Crippen molar-refractivity contribution < 1.29 is 9.53 Å². The van der Waals surface area contributed by atoms with Gasteiger partial charge in [-0.2, -0.15) is 0 Å². The van der Waals surface area contributed by atoms with Gasteiger partial charge in [0.1, 0.15) is 5.60 Å². The van der Waals surface area contributed by atoms with E-state index in [4.69, 9.17) is 11.3 Å². The molecule has 1 heterocycles. The van der Waals surface area contributed by atoms with Crippen LogP contribution in [0.3, 0.4) is 0 Å². The van der Waals surface area contributed by atoms with E-state index >= 15 is 0 Å². The molecule has 0 saturated carbocycles. The van der Waals surface area contributed by atoms with Crippen molar-refractivity contribution in [2.75, 3.05) is 13.1 Å². The highest BCUT2D eigenvalue weighted by molar-refractivity contribution is 5.68. The summed E-state index contributed by atoms with van der Waals surface area (Å²) in [6, 6.07) is 0. The molecule has 1 rings (SSSR count). The molecular weight excluding hydrogens is 204 g/mol. The zero-order chi connectivity index (χ0) is 12.2. The van der Waals surface area contributed by atoms with Crippen molar-refractivity contribution in [2.45, 2.75) is 39.2 Å². The van der Waals surface area contributed by atoms with E-state index in [9.17, 15) is 4.79 Å². The molecule has 88 valence electrons. The number of likely N-dealkylation sites (tertiary alicyclic amines) is 1. The topological polar surface area (TPSA) is 33.9 Å². The van der Waals surface area contributed by atoms with Crippen LogP contribution in [0.1, 0.15) is 33.6 Å². The number of piperidine rings is 1. The number of hydrogen-bond donors (Lipinski definition) is 0. The number of hydrogen-bond acceptors (Lipinski definition) is 2. The predicted octanol–water partition coefficient (Wildman–Crippen LogP) is 2.82. The monoisotopic (exact) mass is 222 g/mol. The fourth-order valence-electron chi connectivity index (χ4n) is 1.58. The van der Waals surface area contributed by atoms with Gasteiger partial charge in [-0.25, -0.2) is 9.64 Å². The molecule has 0 aromatic rings. The van der Waals surface area contributed by atoms with Crippen molar-refractivity contribution in [2.24, 2.45) is 0 Å². The lowest BCUT2D eigenvalue weighted by Crippen LogP contribution is -2.40. The molecule has 0 bridgehead atoms. The number of ether oxygens (including phenoxy) is 1. The lowest BCUT2D eigenvalue weighted by atomic mass is 10.1. The van der Waals surface area contributed by atoms with Crippen molar-refractivity contribution in [3.63, 3.8) is 0 Å². The zero-order valence-corrected chi connectivity index (χ0v) is 10.1. The molecular formula is C12H18N2O2. The highest BCUT2D eigenvalue weighted by Crippen LogP contribution is 2.18. The van der Waals surface area contributed by atoms with Gasteiger partial charge in [0.15, 0.2) is 6.20 Å². The Bertz CT molecular complexity index is 334. The molecule has 1 aliphatic rings. The van der Waals surface area contributed by atoms with Crippen LogP contribution in [-0.2, 0) is 4.74 Å². The Morgan fingerprint density at radius 3 is 2.81 bits per heavy atom. The summed E-state index contributed by atoms with van der Waals surface area (Å²) >= 11 is 0. The van der Waals surface area contributed by atoms with Crippen LogP contribution in [0.4, 0.5) is 4.79 Å². The fraction of sp³-hybridized carbons (Fsp3) is 0.667. The lowest BCUT2D eigenvalue weighted by molar-refractivity contribution is 0.0247. The van der Waals surface area contributed by atoms with Gasteiger partial charge in [0.25, 0.3) is 0 Å². The smallest absolute Gasteiger partial charge is 0.410 e. The summed E-state index contributed by atoms with van der Waals surface area (Å²) in [5.41, 5.74) is 0.546. The third kappa shape index (κ3) is 3.93. The van der Waals surface area contributed by atoms with Crippen molar-refractivity contribution in [1.29, 1.82) is 0 Å². The number of carbonyl (C=O) groups is 1. The normalized spacial score (nSPS) is 19.4. The van der Waals surface area contributed by atoms with Gasteiger partial charge in [0.2, 0.25) is 0 Å². The summed E-state index contributed by atoms with van der Waals surface area (Å²) in [5.74, 6) is 0. The molecule has 1 fully saturated rings. The van der Waals surface area contributed by atoms with Crippen molar-refractivity contribution in [3.05, 3.63) is 23.2 Å². The second-order valence-corrected chi connectivity index (χ2v) is 4.92. The highest BCUT2D eigenvalue weighted by Gasteiger charge is 2.24. The largest absolute Gasteiger partial charge is 0.444 e. The van der Waals surface area contributed by atoms with E-state index in [-0.39, 0.29) is 6.09 Å². The number of rotatable bonds is 0. The molecule has 0 aromatic carbocycles. The molecule has 1 aliphatic heterocycles. The maximum atomic E-state index is 11.8. The Morgan fingerprint density at radius 2 is 2.25 bits per heavy atom. The average molecular weight is 222 g/mol. The van der Waals surface area contributed by atoms with Crippen molar-refractivity contribution in [1.82, 2.24) is 4.90 Å². The molecule has 1 saturated heterocycles. The average Bonchev–Trinajstić information content (AvgIpc) is 2.16. The van der Waals surface area contributed by atoms with E-state index in [1.807, 2.05) is 20.8 Å². The molecule has 0 atom stereocenters. The second-order valence-electron chi connectivity index (χ2n) is 4.92. The summed E-state index contributed by atoms with van der Waals surface area (Å²) in [5, 5.41) is 0. The molecule has 0 aliphatic carbocycles. The molecule has 16 heavy (non-hydrogen) atoms. The lowest BCUT2D eigenvalue weighted by Gasteiger charge is -2.31. The quantitative estimate of drug-likeness (QED) is 0.590. The molecule has 0 aromatic heterocycles. The van der Waals surface area contributed by atoms with Crippen molar-refractivity contribution in [3.8, 4) is 0 Å². The van der Waals surface area contributed by atoms with Gasteiger partial charge in [-0.3, -0.25) is 0 Å². The molecule has 0 N–H and O–H groups in total. The zero-order valence-electron chi connectivity index (χ0n) is 10.1. The molecule has 1 amide bonds. The summed E-state index contributed by atoms with van der Waals surface area (Å²) in [7, 11) is 0. The number of nitrogens with zero attached hydrogens (tertiary/aromatic N) is 2. The first-order valence-electron chi connectivity index (χ1n) is 5.45. The first-order valence-corrected chi connectivity index (χ1v) is 5.45. The minimum absolute atomic E-state index is 0.289. The SMILES string of the molecule is [C-]#[N+]/C=C1\CCCN(C(=O)OC(C)(C)C)C1. The molecule has 0 spiro atoms. The Labute approximate surface area is 96.7 Å². The van der Waals surface area contributed by atoms with Crippen LogP contribution in [0, 0.1) is 6.57 Å². The highest BCUT2D eigenvalue weighted by atomic mass is 16.6. The van der Waals surface area contributed by atoms with Gasteiger partial charge >= 0.3 is 6.09 Å². The van der Waals surface area contributed by atoms with Crippen LogP contribution in [0.25, 0.3) is 4.85 Å². The minimum Gasteiger partial charge on any atom is -0.444 e. The molecule has 0 unspecified atom stereocenters. The van der Waals surface area contributed by atoms with Crippen LogP contribution in [0.2, 0.25) is 0 Å². The summed E-state index contributed by atoms with van der Waals surface area (Å²) in [6.45, 7) is 13.6. The summed E-state index contributed by atoms with van der Waals surface area (Å²) in [6.07, 6.45) is 3.03. The van der Waals surface area contributed by atoms with Crippen LogP contribution in [-0.4, -0.2) is 29.7 Å². The van der Waals surface area contributed by atoms with Gasteiger partial charge in [-0.1, -0.05) is 5.57 Å². The standard InChI is InChI=1S/C12H18N2O2/c1-12(2,3)16-11(15)14-7-5-6-10(9-14)8-13-4/h8H,5-7,9H2,1-3H3/b10-8+.